The first-order valence-corrected chi connectivity index (χ1v) is 6.98. The van der Waals surface area contributed by atoms with Crippen LogP contribution in [-0.4, -0.2) is 31.1 Å². The molecular weight excluding hydrogens is 310 g/mol. The number of nitrogens with zero attached hydrogens (tertiary/aromatic N) is 1. The van der Waals surface area contributed by atoms with Crippen LogP contribution < -0.4 is 10.7 Å². The molecule has 0 spiro atoms. The maximum absolute atomic E-state index is 11.7. The summed E-state index contributed by atoms with van der Waals surface area (Å²) in [5.74, 6) is -2.26. The Balaban J connectivity index is 1.88. The number of rotatable bonds is 4. The SMILES string of the molecule is COC(=O)c1ccc(NC(=O)C(=O)N/N=C\c2ccccc2)cc1. The number of ether oxygens (including phenoxy) is 1. The van der Waals surface area contributed by atoms with Crippen LogP contribution in [0.15, 0.2) is 59.7 Å². The van der Waals surface area contributed by atoms with Gasteiger partial charge in [-0.05, 0) is 29.8 Å². The van der Waals surface area contributed by atoms with Crippen molar-refractivity contribution in [3.63, 3.8) is 0 Å². The molecule has 7 nitrogen and oxygen atoms in total. The van der Waals surface area contributed by atoms with Crippen LogP contribution in [0, 0.1) is 0 Å². The smallest absolute Gasteiger partial charge is 0.337 e. The van der Waals surface area contributed by atoms with Crippen LogP contribution in [0.4, 0.5) is 5.69 Å². The number of hydrogen-bond donors (Lipinski definition) is 2. The molecule has 0 atom stereocenters. The topological polar surface area (TPSA) is 96.9 Å². The molecule has 2 aromatic rings. The summed E-state index contributed by atoms with van der Waals surface area (Å²) in [5.41, 5.74) is 3.63. The minimum absolute atomic E-state index is 0.340. The number of amides is 2. The third-order valence-electron chi connectivity index (χ3n) is 2.95. The number of hydrogen-bond acceptors (Lipinski definition) is 5. The summed E-state index contributed by atoms with van der Waals surface area (Å²) in [6.07, 6.45) is 1.43. The van der Waals surface area contributed by atoms with Crippen molar-refractivity contribution in [2.45, 2.75) is 0 Å². The number of nitrogens with one attached hydrogen (secondary N) is 2. The molecule has 0 radical (unpaired) electrons. The van der Waals surface area contributed by atoms with Gasteiger partial charge in [-0.25, -0.2) is 10.2 Å². The minimum Gasteiger partial charge on any atom is -0.465 e. The van der Waals surface area contributed by atoms with E-state index in [2.05, 4.69) is 20.6 Å². The van der Waals surface area contributed by atoms with Crippen LogP contribution in [-0.2, 0) is 14.3 Å². The van der Waals surface area contributed by atoms with E-state index in [0.717, 1.165) is 5.56 Å². The fourth-order valence-corrected chi connectivity index (χ4v) is 1.75. The van der Waals surface area contributed by atoms with Crippen LogP contribution in [0.3, 0.4) is 0 Å². The summed E-state index contributed by atoms with van der Waals surface area (Å²) in [4.78, 5) is 34.7. The van der Waals surface area contributed by atoms with Gasteiger partial charge in [0.05, 0.1) is 18.9 Å². The Bertz CT molecular complexity index is 755. The largest absolute Gasteiger partial charge is 0.465 e. The highest BCUT2D eigenvalue weighted by atomic mass is 16.5. The fourth-order valence-electron chi connectivity index (χ4n) is 1.75. The number of carbonyl (C=O) groups excluding carboxylic acids is 3. The lowest BCUT2D eigenvalue weighted by Crippen LogP contribution is -2.32. The summed E-state index contributed by atoms with van der Waals surface area (Å²) in [6.45, 7) is 0. The van der Waals surface area contributed by atoms with E-state index in [0.29, 0.717) is 11.3 Å². The average molecular weight is 325 g/mol. The molecule has 0 fully saturated rings. The van der Waals surface area contributed by atoms with Crippen LogP contribution in [0.2, 0.25) is 0 Å². The molecule has 0 aromatic heterocycles. The molecule has 0 aliphatic carbocycles. The van der Waals surface area contributed by atoms with E-state index in [9.17, 15) is 14.4 Å². The van der Waals surface area contributed by atoms with E-state index < -0.39 is 17.8 Å². The van der Waals surface area contributed by atoms with E-state index in [1.165, 1.54) is 37.6 Å². The first-order chi connectivity index (χ1) is 11.6. The van der Waals surface area contributed by atoms with Crippen molar-refractivity contribution < 1.29 is 19.1 Å². The number of benzene rings is 2. The molecule has 122 valence electrons. The molecule has 0 unspecified atom stereocenters. The Morgan fingerprint density at radius 2 is 1.62 bits per heavy atom. The van der Waals surface area contributed by atoms with Crippen LogP contribution >= 0.6 is 0 Å². The van der Waals surface area contributed by atoms with E-state index >= 15 is 0 Å². The third kappa shape index (κ3) is 4.77. The normalized spacial score (nSPS) is 10.2. The lowest BCUT2D eigenvalue weighted by molar-refractivity contribution is -0.136. The van der Waals surface area contributed by atoms with Crippen molar-refractivity contribution in [2.75, 3.05) is 12.4 Å². The molecule has 2 aromatic carbocycles. The van der Waals surface area contributed by atoms with Crippen molar-refractivity contribution in [1.82, 2.24) is 5.43 Å². The van der Waals surface area contributed by atoms with Crippen molar-refractivity contribution in [1.29, 1.82) is 0 Å². The second-order valence-corrected chi connectivity index (χ2v) is 4.63. The van der Waals surface area contributed by atoms with Crippen molar-refractivity contribution in [3.8, 4) is 0 Å². The Morgan fingerprint density at radius 3 is 2.25 bits per heavy atom. The van der Waals surface area contributed by atoms with Gasteiger partial charge in [0.1, 0.15) is 0 Å². The summed E-state index contributed by atoms with van der Waals surface area (Å²) in [7, 11) is 1.28. The van der Waals surface area contributed by atoms with Gasteiger partial charge < -0.3 is 10.1 Å². The summed E-state index contributed by atoms with van der Waals surface area (Å²) < 4.78 is 4.57. The third-order valence-corrected chi connectivity index (χ3v) is 2.95. The Hall–Kier alpha value is -3.48. The maximum atomic E-state index is 11.7. The molecule has 0 aliphatic heterocycles. The number of carbonyl (C=O) groups is 3. The molecule has 2 amide bonds. The zero-order valence-corrected chi connectivity index (χ0v) is 12.9. The number of anilines is 1. The molecule has 7 heteroatoms. The van der Waals surface area contributed by atoms with Gasteiger partial charge >= 0.3 is 17.8 Å². The van der Waals surface area contributed by atoms with E-state index in [4.69, 9.17) is 0 Å². The summed E-state index contributed by atoms with van der Waals surface area (Å²) >= 11 is 0. The van der Waals surface area contributed by atoms with Gasteiger partial charge in [-0.2, -0.15) is 5.10 Å². The monoisotopic (exact) mass is 325 g/mol. The Labute approximate surface area is 138 Å². The van der Waals surface area contributed by atoms with E-state index in [-0.39, 0.29) is 0 Å². The Kier molecular flexibility index (Phi) is 5.79. The highest BCUT2D eigenvalue weighted by molar-refractivity contribution is 6.39. The summed E-state index contributed by atoms with van der Waals surface area (Å²) in [6, 6.07) is 15.1. The molecule has 2 rings (SSSR count). The maximum Gasteiger partial charge on any atom is 0.337 e. The van der Waals surface area contributed by atoms with Crippen LogP contribution in [0.1, 0.15) is 15.9 Å². The molecule has 0 saturated carbocycles. The van der Waals surface area contributed by atoms with Gasteiger partial charge in [-0.1, -0.05) is 30.3 Å². The molecule has 24 heavy (non-hydrogen) atoms. The van der Waals surface area contributed by atoms with Gasteiger partial charge in [-0.15, -0.1) is 0 Å². The van der Waals surface area contributed by atoms with Gasteiger partial charge in [0, 0.05) is 5.69 Å². The fraction of sp³-hybridized carbons (Fsp3) is 0.0588. The zero-order valence-electron chi connectivity index (χ0n) is 12.9. The molecule has 2 N–H and O–H groups in total. The van der Waals surface area contributed by atoms with Crippen molar-refractivity contribution in [3.05, 3.63) is 65.7 Å². The average Bonchev–Trinajstić information content (AvgIpc) is 2.62. The second-order valence-electron chi connectivity index (χ2n) is 4.63. The minimum atomic E-state index is -0.903. The number of hydrazone groups is 1. The molecule has 0 saturated heterocycles. The van der Waals surface area contributed by atoms with E-state index in [1.807, 2.05) is 18.2 Å². The first kappa shape index (κ1) is 16.9. The van der Waals surface area contributed by atoms with Crippen molar-refractivity contribution >= 4 is 29.7 Å². The number of esters is 1. The van der Waals surface area contributed by atoms with Gasteiger partial charge in [0.25, 0.3) is 0 Å². The highest BCUT2D eigenvalue weighted by Crippen LogP contribution is 2.10. The van der Waals surface area contributed by atoms with Crippen molar-refractivity contribution in [2.24, 2.45) is 5.10 Å². The molecule has 0 bridgehead atoms. The highest BCUT2D eigenvalue weighted by Gasteiger charge is 2.13. The van der Waals surface area contributed by atoms with Gasteiger partial charge in [-0.3, -0.25) is 9.59 Å². The lowest BCUT2D eigenvalue weighted by atomic mass is 10.2. The van der Waals surface area contributed by atoms with Gasteiger partial charge in [0.2, 0.25) is 0 Å². The molecule has 0 heterocycles. The Morgan fingerprint density at radius 1 is 0.958 bits per heavy atom. The van der Waals surface area contributed by atoms with Gasteiger partial charge in [0.15, 0.2) is 0 Å². The summed E-state index contributed by atoms with van der Waals surface area (Å²) in [5, 5.41) is 6.10. The second kappa shape index (κ2) is 8.23. The standard InChI is InChI=1S/C17H15N3O4/c1-24-17(23)13-7-9-14(10-8-13)19-15(21)16(22)20-18-11-12-5-3-2-4-6-12/h2-11H,1H3,(H,19,21)(H,20,22)/b18-11-. The number of methoxy groups -OCH3 is 1. The lowest BCUT2D eigenvalue weighted by Gasteiger charge is -2.05. The zero-order chi connectivity index (χ0) is 17.4. The van der Waals surface area contributed by atoms with Crippen LogP contribution in [0.5, 0.6) is 0 Å². The first-order valence-electron chi connectivity index (χ1n) is 6.98. The molecule has 0 aliphatic rings. The molecular formula is C17H15N3O4. The quantitative estimate of drug-likeness (QED) is 0.386. The predicted molar refractivity (Wildman–Crippen MR) is 88.6 cm³/mol. The van der Waals surface area contributed by atoms with E-state index in [1.54, 1.807) is 12.1 Å². The predicted octanol–water partition coefficient (Wildman–Crippen LogP) is 1.56. The van der Waals surface area contributed by atoms with Crippen LogP contribution in [0.25, 0.3) is 0 Å².